The molecule has 0 aliphatic carbocycles. The van der Waals surface area contributed by atoms with Crippen molar-refractivity contribution >= 4 is 7.69 Å². The summed E-state index contributed by atoms with van der Waals surface area (Å²) in [6, 6.07) is 0. The summed E-state index contributed by atoms with van der Waals surface area (Å²) in [6.07, 6.45) is 1.24. The molecule has 1 aliphatic heterocycles. The van der Waals surface area contributed by atoms with E-state index >= 15 is 0 Å². The van der Waals surface area contributed by atoms with Crippen LogP contribution in [-0.4, -0.2) is 40.3 Å². The van der Waals surface area contributed by atoms with E-state index in [2.05, 4.69) is 12.2 Å². The maximum Gasteiger partial charge on any atom is 0.438 e. The molecule has 1 saturated heterocycles. The topological polar surface area (TPSA) is 39.7 Å². The van der Waals surface area contributed by atoms with Gasteiger partial charge in [0.2, 0.25) is 0 Å². The molecule has 0 amide bonds. The van der Waals surface area contributed by atoms with Crippen molar-refractivity contribution in [3.8, 4) is 0 Å². The molecule has 12 heavy (non-hydrogen) atoms. The molecular formula is C7H16BNO3. The van der Waals surface area contributed by atoms with E-state index in [0.29, 0.717) is 21.0 Å². The molecule has 1 rings (SSSR count). The molecule has 1 atom stereocenters. The van der Waals surface area contributed by atoms with Crippen LogP contribution in [0.25, 0.3) is 0 Å². The summed E-state index contributed by atoms with van der Waals surface area (Å²) in [5.74, 6) is 0. The van der Waals surface area contributed by atoms with Crippen LogP contribution in [0.15, 0.2) is 0 Å². The van der Waals surface area contributed by atoms with Crippen LogP contribution in [0.4, 0.5) is 0 Å². The molecule has 1 aliphatic rings. The minimum absolute atomic E-state index is 0.204. The van der Waals surface area contributed by atoms with E-state index in [1.807, 2.05) is 0 Å². The molecule has 0 aromatic heterocycles. The first-order valence-corrected chi connectivity index (χ1v) is 4.41. The Morgan fingerprint density at radius 3 is 3.17 bits per heavy atom. The number of hydrogen-bond donors (Lipinski definition) is 1. The van der Waals surface area contributed by atoms with Crippen LogP contribution in [-0.2, 0) is 14.0 Å². The molecule has 0 aromatic rings. The molecule has 4 nitrogen and oxygen atoms in total. The van der Waals surface area contributed by atoms with E-state index in [-0.39, 0.29) is 6.10 Å². The highest BCUT2D eigenvalue weighted by Gasteiger charge is 2.14. The fourth-order valence-electron chi connectivity index (χ4n) is 1.00. The second-order valence-corrected chi connectivity index (χ2v) is 2.78. The highest BCUT2D eigenvalue weighted by Crippen LogP contribution is 1.96. The Hall–Kier alpha value is -0.0951. The predicted octanol–water partition coefficient (Wildman–Crippen LogP) is -0.358. The zero-order valence-corrected chi connectivity index (χ0v) is 7.54. The first-order valence-electron chi connectivity index (χ1n) is 4.41. The van der Waals surface area contributed by atoms with Crippen molar-refractivity contribution in [2.45, 2.75) is 19.4 Å². The zero-order chi connectivity index (χ0) is 8.65. The fourth-order valence-corrected chi connectivity index (χ4v) is 1.00. The predicted molar refractivity (Wildman–Crippen MR) is 47.1 cm³/mol. The summed E-state index contributed by atoms with van der Waals surface area (Å²) in [7, 11) is 0.383. The molecule has 1 heterocycles. The van der Waals surface area contributed by atoms with Crippen molar-refractivity contribution in [3.63, 3.8) is 0 Å². The monoisotopic (exact) mass is 173 g/mol. The third-order valence-corrected chi connectivity index (χ3v) is 1.61. The van der Waals surface area contributed by atoms with Crippen LogP contribution < -0.4 is 5.32 Å². The van der Waals surface area contributed by atoms with Gasteiger partial charge in [-0.15, -0.1) is 0 Å². The largest absolute Gasteiger partial charge is 0.438 e. The van der Waals surface area contributed by atoms with E-state index in [1.165, 1.54) is 0 Å². The summed E-state index contributed by atoms with van der Waals surface area (Å²) in [6.45, 7) is 4.99. The van der Waals surface area contributed by atoms with Crippen LogP contribution >= 0.6 is 0 Å². The van der Waals surface area contributed by atoms with Crippen molar-refractivity contribution in [2.24, 2.45) is 0 Å². The SMILES string of the molecule is CCCOBOCC1CNCO1. The van der Waals surface area contributed by atoms with E-state index in [4.69, 9.17) is 14.0 Å². The highest BCUT2D eigenvalue weighted by atomic mass is 16.6. The normalized spacial score (nSPS) is 22.9. The lowest BCUT2D eigenvalue weighted by atomic mass is 10.3. The van der Waals surface area contributed by atoms with Gasteiger partial charge in [-0.05, 0) is 6.42 Å². The molecule has 0 bridgehead atoms. The van der Waals surface area contributed by atoms with Crippen LogP contribution in [0.1, 0.15) is 13.3 Å². The third-order valence-electron chi connectivity index (χ3n) is 1.61. The van der Waals surface area contributed by atoms with E-state index < -0.39 is 0 Å². The molecule has 0 spiro atoms. The van der Waals surface area contributed by atoms with Crippen LogP contribution in [0.5, 0.6) is 0 Å². The lowest BCUT2D eigenvalue weighted by molar-refractivity contribution is 0.0641. The van der Waals surface area contributed by atoms with Crippen molar-refractivity contribution in [1.82, 2.24) is 5.32 Å². The van der Waals surface area contributed by atoms with Gasteiger partial charge in [-0.3, -0.25) is 5.32 Å². The van der Waals surface area contributed by atoms with Crippen LogP contribution in [0.3, 0.4) is 0 Å². The van der Waals surface area contributed by atoms with Gasteiger partial charge in [0.15, 0.2) is 0 Å². The quantitative estimate of drug-likeness (QED) is 0.439. The Bertz CT molecular complexity index is 109. The van der Waals surface area contributed by atoms with Gasteiger partial charge in [0, 0.05) is 13.2 Å². The Morgan fingerprint density at radius 1 is 1.58 bits per heavy atom. The molecule has 0 saturated carbocycles. The zero-order valence-electron chi connectivity index (χ0n) is 7.54. The molecule has 70 valence electrons. The summed E-state index contributed by atoms with van der Waals surface area (Å²) < 4.78 is 15.6. The minimum atomic E-state index is 0.204. The third kappa shape index (κ3) is 4.06. The number of rotatable bonds is 6. The van der Waals surface area contributed by atoms with Crippen LogP contribution in [0.2, 0.25) is 0 Å². The van der Waals surface area contributed by atoms with Crippen molar-refractivity contribution in [1.29, 1.82) is 0 Å². The molecular weight excluding hydrogens is 157 g/mol. The fraction of sp³-hybridized carbons (Fsp3) is 1.00. The average Bonchev–Trinajstić information content (AvgIpc) is 2.57. The van der Waals surface area contributed by atoms with Crippen molar-refractivity contribution in [2.75, 3.05) is 26.5 Å². The van der Waals surface area contributed by atoms with Crippen molar-refractivity contribution < 1.29 is 14.0 Å². The summed E-state index contributed by atoms with van der Waals surface area (Å²) in [5, 5.41) is 3.08. The Kier molecular flexibility index (Phi) is 5.35. The first-order chi connectivity index (χ1) is 5.93. The van der Waals surface area contributed by atoms with E-state index in [9.17, 15) is 0 Å². The van der Waals surface area contributed by atoms with E-state index in [0.717, 1.165) is 19.6 Å². The van der Waals surface area contributed by atoms with Gasteiger partial charge in [0.1, 0.15) is 0 Å². The summed E-state index contributed by atoms with van der Waals surface area (Å²) in [4.78, 5) is 0. The van der Waals surface area contributed by atoms with E-state index in [1.54, 1.807) is 0 Å². The Labute approximate surface area is 73.9 Å². The lowest BCUT2D eigenvalue weighted by Gasteiger charge is -2.08. The van der Waals surface area contributed by atoms with Crippen LogP contribution in [0, 0.1) is 0 Å². The first kappa shape index (κ1) is 9.99. The molecule has 1 N–H and O–H groups in total. The minimum Gasteiger partial charge on any atom is -0.414 e. The van der Waals surface area contributed by atoms with Gasteiger partial charge in [0.05, 0.1) is 19.4 Å². The van der Waals surface area contributed by atoms with Gasteiger partial charge < -0.3 is 14.0 Å². The van der Waals surface area contributed by atoms with Gasteiger partial charge >= 0.3 is 7.69 Å². The molecule has 0 radical (unpaired) electrons. The van der Waals surface area contributed by atoms with Gasteiger partial charge in [-0.25, -0.2) is 0 Å². The maximum atomic E-state index is 5.27. The Balaban J connectivity index is 1.81. The number of ether oxygens (including phenoxy) is 1. The van der Waals surface area contributed by atoms with Gasteiger partial charge in [-0.2, -0.15) is 0 Å². The second-order valence-electron chi connectivity index (χ2n) is 2.78. The molecule has 1 fully saturated rings. The summed E-state index contributed by atoms with van der Waals surface area (Å²) in [5.41, 5.74) is 0. The lowest BCUT2D eigenvalue weighted by Crippen LogP contribution is -2.22. The molecule has 0 aromatic carbocycles. The summed E-state index contributed by atoms with van der Waals surface area (Å²) >= 11 is 0. The van der Waals surface area contributed by atoms with Crippen molar-refractivity contribution in [3.05, 3.63) is 0 Å². The van der Waals surface area contributed by atoms with Gasteiger partial charge in [-0.1, -0.05) is 6.92 Å². The second kappa shape index (κ2) is 6.42. The maximum absolute atomic E-state index is 5.27. The van der Waals surface area contributed by atoms with Gasteiger partial charge in [0.25, 0.3) is 0 Å². The number of hydrogen-bond acceptors (Lipinski definition) is 4. The molecule has 1 unspecified atom stereocenters. The smallest absolute Gasteiger partial charge is 0.414 e. The average molecular weight is 173 g/mol. The highest BCUT2D eigenvalue weighted by molar-refractivity contribution is 6.17. The number of nitrogens with one attached hydrogen (secondary N) is 1. The standard InChI is InChI=1S/C7H16BNO3/c1-2-3-11-8-12-5-7-4-9-6-10-7/h7-9H,2-6H2,1H3. The molecule has 5 heteroatoms. The Morgan fingerprint density at radius 2 is 2.50 bits per heavy atom.